The number of hydrogen-bond acceptors (Lipinski definition) is 3. The SMILES string of the molecule is CN(c1ccc(N)cc1)C1CCNCC1. The van der Waals surface area contributed by atoms with E-state index in [1.165, 1.54) is 18.5 Å². The lowest BCUT2D eigenvalue weighted by Crippen LogP contribution is -2.41. The first-order chi connectivity index (χ1) is 7.27. The Balaban J connectivity index is 2.05. The van der Waals surface area contributed by atoms with E-state index in [0.717, 1.165) is 18.8 Å². The van der Waals surface area contributed by atoms with Crippen LogP contribution in [0.2, 0.25) is 0 Å². The highest BCUT2D eigenvalue weighted by molar-refractivity contribution is 5.53. The molecule has 0 atom stereocenters. The minimum atomic E-state index is 0.662. The molecule has 1 fully saturated rings. The van der Waals surface area contributed by atoms with Gasteiger partial charge in [-0.15, -0.1) is 0 Å². The Morgan fingerprint density at radius 1 is 1.20 bits per heavy atom. The maximum atomic E-state index is 5.68. The summed E-state index contributed by atoms with van der Waals surface area (Å²) in [5.74, 6) is 0. The van der Waals surface area contributed by atoms with E-state index < -0.39 is 0 Å². The van der Waals surface area contributed by atoms with E-state index in [2.05, 4.69) is 29.4 Å². The van der Waals surface area contributed by atoms with Crippen LogP contribution in [0.4, 0.5) is 11.4 Å². The van der Waals surface area contributed by atoms with E-state index in [1.807, 2.05) is 12.1 Å². The van der Waals surface area contributed by atoms with Crippen molar-refractivity contribution in [2.75, 3.05) is 30.8 Å². The second-order valence-electron chi connectivity index (χ2n) is 4.18. The number of rotatable bonds is 2. The van der Waals surface area contributed by atoms with Crippen LogP contribution in [0.15, 0.2) is 24.3 Å². The Labute approximate surface area is 91.3 Å². The third-order valence-corrected chi connectivity index (χ3v) is 3.16. The van der Waals surface area contributed by atoms with Gasteiger partial charge in [0.1, 0.15) is 0 Å². The summed E-state index contributed by atoms with van der Waals surface area (Å²) in [6, 6.07) is 8.78. The van der Waals surface area contributed by atoms with Crippen molar-refractivity contribution in [1.29, 1.82) is 0 Å². The van der Waals surface area contributed by atoms with Gasteiger partial charge in [-0.1, -0.05) is 0 Å². The summed E-state index contributed by atoms with van der Waals surface area (Å²) in [6.07, 6.45) is 2.45. The van der Waals surface area contributed by atoms with Crippen molar-refractivity contribution in [3.05, 3.63) is 24.3 Å². The van der Waals surface area contributed by atoms with Gasteiger partial charge in [-0.2, -0.15) is 0 Å². The fourth-order valence-electron chi connectivity index (χ4n) is 2.11. The smallest absolute Gasteiger partial charge is 0.0367 e. The maximum absolute atomic E-state index is 5.68. The number of nitrogens with zero attached hydrogens (tertiary/aromatic N) is 1. The normalized spacial score (nSPS) is 17.7. The van der Waals surface area contributed by atoms with E-state index in [0.29, 0.717) is 6.04 Å². The van der Waals surface area contributed by atoms with Crippen LogP contribution in [0.25, 0.3) is 0 Å². The van der Waals surface area contributed by atoms with Crippen LogP contribution in [0, 0.1) is 0 Å². The Morgan fingerprint density at radius 2 is 1.80 bits per heavy atom. The molecule has 0 radical (unpaired) electrons. The Bertz CT molecular complexity index is 301. The molecule has 0 saturated carbocycles. The van der Waals surface area contributed by atoms with Crippen LogP contribution in [-0.2, 0) is 0 Å². The van der Waals surface area contributed by atoms with Gasteiger partial charge in [0, 0.05) is 24.5 Å². The zero-order valence-corrected chi connectivity index (χ0v) is 9.24. The summed E-state index contributed by atoms with van der Waals surface area (Å²) >= 11 is 0. The highest BCUT2D eigenvalue weighted by Crippen LogP contribution is 2.20. The average molecular weight is 205 g/mol. The lowest BCUT2D eigenvalue weighted by molar-refractivity contribution is 0.443. The molecule has 82 valence electrons. The van der Waals surface area contributed by atoms with E-state index in [1.54, 1.807) is 0 Å². The molecule has 0 bridgehead atoms. The van der Waals surface area contributed by atoms with Crippen molar-refractivity contribution in [3.8, 4) is 0 Å². The van der Waals surface area contributed by atoms with E-state index in [9.17, 15) is 0 Å². The third kappa shape index (κ3) is 2.42. The molecule has 3 nitrogen and oxygen atoms in total. The van der Waals surface area contributed by atoms with Gasteiger partial charge in [0.15, 0.2) is 0 Å². The molecule has 0 spiro atoms. The lowest BCUT2D eigenvalue weighted by atomic mass is 10.0. The average Bonchev–Trinajstić information content (AvgIpc) is 2.30. The minimum absolute atomic E-state index is 0.662. The molecule has 1 aliphatic heterocycles. The first-order valence-electron chi connectivity index (χ1n) is 5.56. The topological polar surface area (TPSA) is 41.3 Å². The largest absolute Gasteiger partial charge is 0.399 e. The highest BCUT2D eigenvalue weighted by atomic mass is 15.1. The zero-order chi connectivity index (χ0) is 10.7. The van der Waals surface area contributed by atoms with Crippen molar-refractivity contribution in [2.45, 2.75) is 18.9 Å². The molecule has 15 heavy (non-hydrogen) atoms. The predicted molar refractivity (Wildman–Crippen MR) is 65.1 cm³/mol. The zero-order valence-electron chi connectivity index (χ0n) is 9.24. The number of anilines is 2. The first kappa shape index (κ1) is 10.3. The van der Waals surface area contributed by atoms with E-state index in [-0.39, 0.29) is 0 Å². The fraction of sp³-hybridized carbons (Fsp3) is 0.500. The molecule has 3 N–H and O–H groups in total. The van der Waals surface area contributed by atoms with Gasteiger partial charge in [0.05, 0.1) is 0 Å². The Kier molecular flexibility index (Phi) is 3.11. The number of nitrogens with one attached hydrogen (secondary N) is 1. The maximum Gasteiger partial charge on any atom is 0.0367 e. The Morgan fingerprint density at radius 3 is 2.40 bits per heavy atom. The second-order valence-corrected chi connectivity index (χ2v) is 4.18. The molecule has 3 heteroatoms. The molecule has 0 unspecified atom stereocenters. The number of nitrogens with two attached hydrogens (primary N) is 1. The summed E-state index contributed by atoms with van der Waals surface area (Å²) in [7, 11) is 2.17. The molecule has 1 aromatic carbocycles. The summed E-state index contributed by atoms with van der Waals surface area (Å²) in [5, 5.41) is 3.38. The monoisotopic (exact) mass is 205 g/mol. The first-order valence-corrected chi connectivity index (χ1v) is 5.56. The molecule has 0 aromatic heterocycles. The van der Waals surface area contributed by atoms with Crippen LogP contribution in [0.3, 0.4) is 0 Å². The molecule has 0 amide bonds. The second kappa shape index (κ2) is 4.53. The van der Waals surface area contributed by atoms with Crippen molar-refractivity contribution < 1.29 is 0 Å². The molecule has 1 heterocycles. The van der Waals surface area contributed by atoms with E-state index in [4.69, 9.17) is 5.73 Å². The van der Waals surface area contributed by atoms with Crippen molar-refractivity contribution in [1.82, 2.24) is 5.32 Å². The van der Waals surface area contributed by atoms with Gasteiger partial charge < -0.3 is 16.0 Å². The van der Waals surface area contributed by atoms with Crippen LogP contribution in [-0.4, -0.2) is 26.2 Å². The third-order valence-electron chi connectivity index (χ3n) is 3.16. The summed E-state index contributed by atoms with van der Waals surface area (Å²) in [4.78, 5) is 2.36. The van der Waals surface area contributed by atoms with Gasteiger partial charge in [0.2, 0.25) is 0 Å². The molecular weight excluding hydrogens is 186 g/mol. The van der Waals surface area contributed by atoms with Crippen molar-refractivity contribution in [3.63, 3.8) is 0 Å². The predicted octanol–water partition coefficient (Wildman–Crippen LogP) is 1.46. The molecule has 1 aromatic rings. The van der Waals surface area contributed by atoms with Gasteiger partial charge in [-0.05, 0) is 50.2 Å². The lowest BCUT2D eigenvalue weighted by Gasteiger charge is -2.33. The standard InChI is InChI=1S/C12H19N3/c1-15(12-6-8-14-9-7-12)11-4-2-10(13)3-5-11/h2-5,12,14H,6-9,13H2,1H3. The number of hydrogen-bond donors (Lipinski definition) is 2. The van der Waals surface area contributed by atoms with Gasteiger partial charge in [-0.3, -0.25) is 0 Å². The number of piperidine rings is 1. The van der Waals surface area contributed by atoms with Gasteiger partial charge in [0.25, 0.3) is 0 Å². The summed E-state index contributed by atoms with van der Waals surface area (Å²) in [6.45, 7) is 2.26. The van der Waals surface area contributed by atoms with E-state index >= 15 is 0 Å². The quantitative estimate of drug-likeness (QED) is 0.718. The fourth-order valence-corrected chi connectivity index (χ4v) is 2.11. The summed E-state index contributed by atoms with van der Waals surface area (Å²) < 4.78 is 0. The van der Waals surface area contributed by atoms with Crippen LogP contribution in [0.5, 0.6) is 0 Å². The number of nitrogen functional groups attached to an aromatic ring is 1. The minimum Gasteiger partial charge on any atom is -0.399 e. The van der Waals surface area contributed by atoms with Crippen molar-refractivity contribution in [2.24, 2.45) is 0 Å². The van der Waals surface area contributed by atoms with Crippen LogP contribution < -0.4 is 16.0 Å². The van der Waals surface area contributed by atoms with Gasteiger partial charge >= 0.3 is 0 Å². The highest BCUT2D eigenvalue weighted by Gasteiger charge is 2.17. The summed E-state index contributed by atoms with van der Waals surface area (Å²) in [5.41, 5.74) is 7.77. The molecule has 1 saturated heterocycles. The number of benzene rings is 1. The molecular formula is C12H19N3. The molecule has 0 aliphatic carbocycles. The molecule has 2 rings (SSSR count). The van der Waals surface area contributed by atoms with Crippen molar-refractivity contribution >= 4 is 11.4 Å². The van der Waals surface area contributed by atoms with Gasteiger partial charge in [-0.25, -0.2) is 0 Å². The molecule has 1 aliphatic rings. The van der Waals surface area contributed by atoms with Crippen LogP contribution >= 0.6 is 0 Å². The Hall–Kier alpha value is -1.22. The van der Waals surface area contributed by atoms with Crippen LogP contribution in [0.1, 0.15) is 12.8 Å².